The van der Waals surface area contributed by atoms with Crippen LogP contribution in [0.5, 0.6) is 0 Å². The third kappa shape index (κ3) is 1.94. The maximum atomic E-state index is 5.24. The Bertz CT molecular complexity index is 191. The Hall–Kier alpha value is -0.340. The average Bonchev–Trinajstić information content (AvgIpc) is 2.49. The van der Waals surface area contributed by atoms with Crippen molar-refractivity contribution in [1.29, 1.82) is 0 Å². The molecule has 0 aromatic carbocycles. The van der Waals surface area contributed by atoms with E-state index < -0.39 is 0 Å². The topological polar surface area (TPSA) is 12.5 Å². The first-order chi connectivity index (χ1) is 5.81. The van der Waals surface area contributed by atoms with Crippen molar-refractivity contribution in [2.45, 2.75) is 26.7 Å². The summed E-state index contributed by atoms with van der Waals surface area (Å²) in [5.41, 5.74) is 1.45. The van der Waals surface area contributed by atoms with E-state index in [4.69, 9.17) is 4.84 Å². The molecule has 0 aromatic heterocycles. The summed E-state index contributed by atoms with van der Waals surface area (Å²) in [6.07, 6.45) is 3.93. The highest BCUT2D eigenvalue weighted by Gasteiger charge is 2.36. The predicted molar refractivity (Wildman–Crippen MR) is 55.3 cm³/mol. The van der Waals surface area contributed by atoms with Gasteiger partial charge in [0.2, 0.25) is 0 Å². The van der Waals surface area contributed by atoms with Crippen LogP contribution in [0, 0.1) is 11.8 Å². The second-order valence-corrected chi connectivity index (χ2v) is 3.95. The SMILES string of the molecule is C.C=C1CCCC2CN(OC)CC12. The Kier molecular flexibility index (Phi) is 3.51. The minimum absolute atomic E-state index is 0. The van der Waals surface area contributed by atoms with Crippen LogP contribution in [0.15, 0.2) is 12.2 Å². The largest absolute Gasteiger partial charge is 0.302 e. The van der Waals surface area contributed by atoms with Crippen LogP contribution >= 0.6 is 0 Å². The summed E-state index contributed by atoms with van der Waals surface area (Å²) < 4.78 is 0. The van der Waals surface area contributed by atoms with Crippen molar-refractivity contribution in [3.05, 3.63) is 12.2 Å². The van der Waals surface area contributed by atoms with Gasteiger partial charge in [-0.05, 0) is 31.1 Å². The van der Waals surface area contributed by atoms with Gasteiger partial charge in [0.1, 0.15) is 0 Å². The summed E-state index contributed by atoms with van der Waals surface area (Å²) in [6, 6.07) is 0. The molecule has 13 heavy (non-hydrogen) atoms. The summed E-state index contributed by atoms with van der Waals surface area (Å²) in [6.45, 7) is 6.32. The van der Waals surface area contributed by atoms with E-state index in [0.717, 1.165) is 24.9 Å². The fourth-order valence-corrected chi connectivity index (χ4v) is 2.51. The maximum absolute atomic E-state index is 5.24. The van der Waals surface area contributed by atoms with Gasteiger partial charge >= 0.3 is 0 Å². The summed E-state index contributed by atoms with van der Waals surface area (Å²) in [5, 5.41) is 2.08. The Morgan fingerprint density at radius 2 is 2.23 bits per heavy atom. The summed E-state index contributed by atoms with van der Waals surface area (Å²) in [4.78, 5) is 5.24. The third-order valence-electron chi connectivity index (χ3n) is 3.26. The molecule has 0 radical (unpaired) electrons. The maximum Gasteiger partial charge on any atom is 0.0575 e. The standard InChI is InChI=1S/C10H17NO.CH4/c1-8-4-3-5-9-6-11(12-2)7-10(8)9;/h9-10H,1,3-7H2,2H3;1H4. The van der Waals surface area contributed by atoms with Crippen LogP contribution in [0.2, 0.25) is 0 Å². The van der Waals surface area contributed by atoms with Crippen LogP contribution in [-0.4, -0.2) is 25.3 Å². The van der Waals surface area contributed by atoms with Crippen molar-refractivity contribution in [2.75, 3.05) is 20.2 Å². The molecule has 76 valence electrons. The fourth-order valence-electron chi connectivity index (χ4n) is 2.51. The number of hydroxylamine groups is 2. The molecule has 2 aliphatic rings. The van der Waals surface area contributed by atoms with E-state index in [1.165, 1.54) is 24.8 Å². The van der Waals surface area contributed by atoms with Crippen LogP contribution in [-0.2, 0) is 4.84 Å². The van der Waals surface area contributed by atoms with Crippen LogP contribution in [0.3, 0.4) is 0 Å². The molecule has 2 rings (SSSR count). The molecule has 0 spiro atoms. The van der Waals surface area contributed by atoms with Gasteiger partial charge < -0.3 is 4.84 Å². The predicted octanol–water partition coefficient (Wildman–Crippen LogP) is 2.47. The molecular formula is C11H21NO. The van der Waals surface area contributed by atoms with Gasteiger partial charge in [0.25, 0.3) is 0 Å². The fraction of sp³-hybridized carbons (Fsp3) is 0.818. The van der Waals surface area contributed by atoms with Crippen molar-refractivity contribution >= 4 is 0 Å². The highest BCUT2D eigenvalue weighted by atomic mass is 16.7. The van der Waals surface area contributed by atoms with E-state index in [2.05, 4.69) is 11.6 Å². The van der Waals surface area contributed by atoms with Gasteiger partial charge in [-0.15, -0.1) is 0 Å². The minimum atomic E-state index is 0. The summed E-state index contributed by atoms with van der Waals surface area (Å²) in [7, 11) is 1.76. The van der Waals surface area contributed by atoms with Gasteiger partial charge in [0.15, 0.2) is 0 Å². The van der Waals surface area contributed by atoms with Crippen LogP contribution in [0.4, 0.5) is 0 Å². The smallest absolute Gasteiger partial charge is 0.0575 e. The normalized spacial score (nSPS) is 34.1. The third-order valence-corrected chi connectivity index (χ3v) is 3.26. The second-order valence-electron chi connectivity index (χ2n) is 3.95. The highest BCUT2D eigenvalue weighted by Crippen LogP contribution is 2.38. The first-order valence-electron chi connectivity index (χ1n) is 4.78. The Balaban J connectivity index is 0.000000845. The van der Waals surface area contributed by atoms with Crippen molar-refractivity contribution in [2.24, 2.45) is 11.8 Å². The molecular weight excluding hydrogens is 162 g/mol. The van der Waals surface area contributed by atoms with Crippen LogP contribution in [0.25, 0.3) is 0 Å². The van der Waals surface area contributed by atoms with Gasteiger partial charge in [-0.3, -0.25) is 0 Å². The molecule has 1 saturated carbocycles. The van der Waals surface area contributed by atoms with Crippen LogP contribution < -0.4 is 0 Å². The first-order valence-corrected chi connectivity index (χ1v) is 4.78. The Labute approximate surface area is 81.5 Å². The van der Waals surface area contributed by atoms with Crippen molar-refractivity contribution in [3.8, 4) is 0 Å². The van der Waals surface area contributed by atoms with Gasteiger partial charge in [-0.1, -0.05) is 19.6 Å². The summed E-state index contributed by atoms with van der Waals surface area (Å²) >= 11 is 0. The van der Waals surface area contributed by atoms with E-state index in [1.807, 2.05) is 0 Å². The zero-order chi connectivity index (χ0) is 8.55. The number of nitrogens with zero attached hydrogens (tertiary/aromatic N) is 1. The van der Waals surface area contributed by atoms with Gasteiger partial charge in [0.05, 0.1) is 7.11 Å². The second kappa shape index (κ2) is 4.25. The molecule has 0 N–H and O–H groups in total. The lowest BCUT2D eigenvalue weighted by Gasteiger charge is -2.25. The zero-order valence-electron chi connectivity index (χ0n) is 7.75. The Morgan fingerprint density at radius 1 is 1.46 bits per heavy atom. The number of hydrogen-bond acceptors (Lipinski definition) is 2. The molecule has 2 unspecified atom stereocenters. The van der Waals surface area contributed by atoms with Crippen molar-refractivity contribution < 1.29 is 4.84 Å². The van der Waals surface area contributed by atoms with E-state index in [-0.39, 0.29) is 7.43 Å². The minimum Gasteiger partial charge on any atom is -0.302 e. The molecule has 1 aliphatic heterocycles. The molecule has 2 fully saturated rings. The molecule has 2 heteroatoms. The van der Waals surface area contributed by atoms with Crippen LogP contribution in [0.1, 0.15) is 26.7 Å². The monoisotopic (exact) mass is 183 g/mol. The molecule has 1 aliphatic carbocycles. The van der Waals surface area contributed by atoms with Crippen molar-refractivity contribution in [1.82, 2.24) is 5.06 Å². The van der Waals surface area contributed by atoms with E-state index in [9.17, 15) is 0 Å². The number of fused-ring (bicyclic) bond motifs is 1. The van der Waals surface area contributed by atoms with E-state index >= 15 is 0 Å². The summed E-state index contributed by atoms with van der Waals surface area (Å²) in [5.74, 6) is 1.55. The average molecular weight is 183 g/mol. The lowest BCUT2D eigenvalue weighted by atomic mass is 9.79. The molecule has 0 aromatic rings. The molecule has 1 saturated heterocycles. The number of rotatable bonds is 1. The van der Waals surface area contributed by atoms with Gasteiger partial charge in [-0.25, -0.2) is 0 Å². The van der Waals surface area contributed by atoms with Gasteiger partial charge in [-0.2, -0.15) is 5.06 Å². The molecule has 0 bridgehead atoms. The number of hydrogen-bond donors (Lipinski definition) is 0. The first kappa shape index (κ1) is 10.7. The molecule has 0 amide bonds. The molecule has 1 heterocycles. The lowest BCUT2D eigenvalue weighted by molar-refractivity contribution is -0.116. The molecule has 2 nitrogen and oxygen atoms in total. The van der Waals surface area contributed by atoms with Gasteiger partial charge in [0, 0.05) is 13.1 Å². The Morgan fingerprint density at radius 3 is 2.85 bits per heavy atom. The highest BCUT2D eigenvalue weighted by molar-refractivity contribution is 5.09. The molecule has 2 atom stereocenters. The van der Waals surface area contributed by atoms with E-state index in [1.54, 1.807) is 7.11 Å². The quantitative estimate of drug-likeness (QED) is 0.579. The zero-order valence-corrected chi connectivity index (χ0v) is 7.75. The van der Waals surface area contributed by atoms with Crippen molar-refractivity contribution in [3.63, 3.8) is 0 Å². The lowest BCUT2D eigenvalue weighted by Crippen LogP contribution is -2.19. The van der Waals surface area contributed by atoms with E-state index in [0.29, 0.717) is 0 Å².